The molecule has 1 fully saturated rings. The van der Waals surface area contributed by atoms with Gasteiger partial charge in [0, 0.05) is 32.6 Å². The molecule has 2 heterocycles. The van der Waals surface area contributed by atoms with Crippen molar-refractivity contribution in [1.82, 2.24) is 9.88 Å². The maximum Gasteiger partial charge on any atom is 0.335 e. The van der Waals surface area contributed by atoms with Crippen LogP contribution in [0.1, 0.15) is 21.6 Å². The van der Waals surface area contributed by atoms with E-state index in [0.29, 0.717) is 5.56 Å². The Morgan fingerprint density at radius 1 is 1.23 bits per heavy atom. The van der Waals surface area contributed by atoms with Gasteiger partial charge in [0.1, 0.15) is 5.00 Å². The van der Waals surface area contributed by atoms with Crippen molar-refractivity contribution >= 4 is 22.3 Å². The Hall–Kier alpha value is -1.92. The lowest BCUT2D eigenvalue weighted by atomic mass is 10.1. The molecule has 0 aliphatic carbocycles. The monoisotopic (exact) mass is 317 g/mol. The fraction of sp³-hybridized carbons (Fsp3) is 0.375. The predicted molar refractivity (Wildman–Crippen MR) is 88.0 cm³/mol. The number of carbonyl (C=O) groups is 1. The van der Waals surface area contributed by atoms with Gasteiger partial charge in [-0.25, -0.2) is 9.78 Å². The highest BCUT2D eigenvalue weighted by Gasteiger charge is 2.19. The number of thiazole rings is 1. The summed E-state index contributed by atoms with van der Waals surface area (Å²) >= 11 is 1.69. The average Bonchev–Trinajstić information content (AvgIpc) is 2.97. The van der Waals surface area contributed by atoms with Crippen LogP contribution in [0.25, 0.3) is 0 Å². The summed E-state index contributed by atoms with van der Waals surface area (Å²) in [7, 11) is 2.15. The van der Waals surface area contributed by atoms with Gasteiger partial charge in [-0.2, -0.15) is 0 Å². The van der Waals surface area contributed by atoms with E-state index in [1.54, 1.807) is 23.5 Å². The summed E-state index contributed by atoms with van der Waals surface area (Å²) in [5.41, 5.74) is 4.39. The van der Waals surface area contributed by atoms with Gasteiger partial charge in [-0.1, -0.05) is 12.1 Å². The van der Waals surface area contributed by atoms with Gasteiger partial charge in [-0.3, -0.25) is 0 Å². The maximum absolute atomic E-state index is 10.9. The third-order valence-electron chi connectivity index (χ3n) is 3.98. The molecule has 3 rings (SSSR count). The van der Waals surface area contributed by atoms with E-state index in [1.165, 1.54) is 5.00 Å². The molecule has 0 radical (unpaired) electrons. The summed E-state index contributed by atoms with van der Waals surface area (Å²) in [6.07, 6.45) is 0.741. The molecule has 6 heteroatoms. The average molecular weight is 317 g/mol. The highest BCUT2D eigenvalue weighted by molar-refractivity contribution is 7.14. The van der Waals surface area contributed by atoms with Gasteiger partial charge in [-0.15, -0.1) is 11.3 Å². The van der Waals surface area contributed by atoms with Crippen molar-refractivity contribution in [1.29, 1.82) is 0 Å². The van der Waals surface area contributed by atoms with Gasteiger partial charge in [0.25, 0.3) is 0 Å². The zero-order valence-electron chi connectivity index (χ0n) is 12.5. The minimum absolute atomic E-state index is 0.321. The third-order valence-corrected chi connectivity index (χ3v) is 4.91. The third kappa shape index (κ3) is 3.28. The SMILES string of the molecule is CN1CCN(c2scnc2Cc2ccc(C(=O)O)cc2)CC1. The van der Waals surface area contributed by atoms with Gasteiger partial charge in [0.2, 0.25) is 0 Å². The molecule has 2 aromatic rings. The molecule has 0 amide bonds. The Bertz CT molecular complexity index is 646. The molecule has 1 aliphatic heterocycles. The molecule has 0 spiro atoms. The van der Waals surface area contributed by atoms with Crippen molar-refractivity contribution < 1.29 is 9.90 Å². The van der Waals surface area contributed by atoms with E-state index in [1.807, 2.05) is 17.6 Å². The molecule has 5 nitrogen and oxygen atoms in total. The zero-order chi connectivity index (χ0) is 15.5. The van der Waals surface area contributed by atoms with E-state index in [2.05, 4.69) is 21.8 Å². The fourth-order valence-corrected chi connectivity index (χ4v) is 3.48. The predicted octanol–water partition coefficient (Wildman–Crippen LogP) is 2.18. The van der Waals surface area contributed by atoms with Crippen LogP contribution < -0.4 is 4.90 Å². The number of piperazine rings is 1. The topological polar surface area (TPSA) is 56.7 Å². The first-order valence-electron chi connectivity index (χ1n) is 7.31. The van der Waals surface area contributed by atoms with Crippen molar-refractivity contribution in [2.75, 3.05) is 38.1 Å². The Kier molecular flexibility index (Phi) is 4.40. The molecule has 1 saturated heterocycles. The van der Waals surface area contributed by atoms with Crippen molar-refractivity contribution in [3.8, 4) is 0 Å². The van der Waals surface area contributed by atoms with Crippen LogP contribution in [0.5, 0.6) is 0 Å². The number of carboxylic acid groups (broad SMARTS) is 1. The first kappa shape index (κ1) is 15.0. The number of nitrogens with zero attached hydrogens (tertiary/aromatic N) is 3. The lowest BCUT2D eigenvalue weighted by Gasteiger charge is -2.33. The van der Waals surface area contributed by atoms with Crippen molar-refractivity contribution in [2.45, 2.75) is 6.42 Å². The first-order valence-corrected chi connectivity index (χ1v) is 8.19. The maximum atomic E-state index is 10.9. The number of hydrogen-bond acceptors (Lipinski definition) is 5. The molecular weight excluding hydrogens is 298 g/mol. The molecule has 0 unspecified atom stereocenters. The number of benzene rings is 1. The number of anilines is 1. The summed E-state index contributed by atoms with van der Waals surface area (Å²) in [6.45, 7) is 4.21. The van der Waals surface area contributed by atoms with Gasteiger partial charge in [0.15, 0.2) is 0 Å². The van der Waals surface area contributed by atoms with Crippen molar-refractivity contribution in [2.24, 2.45) is 0 Å². The summed E-state index contributed by atoms with van der Waals surface area (Å²) < 4.78 is 0. The van der Waals surface area contributed by atoms with Crippen LogP contribution >= 0.6 is 11.3 Å². The molecule has 1 aliphatic rings. The lowest BCUT2D eigenvalue weighted by molar-refractivity contribution is 0.0697. The van der Waals surface area contributed by atoms with Crippen LogP contribution in [0.4, 0.5) is 5.00 Å². The molecule has 116 valence electrons. The van der Waals surface area contributed by atoms with Gasteiger partial charge in [0.05, 0.1) is 16.8 Å². The highest BCUT2D eigenvalue weighted by atomic mass is 32.1. The van der Waals surface area contributed by atoms with E-state index in [9.17, 15) is 4.79 Å². The smallest absolute Gasteiger partial charge is 0.335 e. The van der Waals surface area contributed by atoms with Crippen molar-refractivity contribution in [3.63, 3.8) is 0 Å². The van der Waals surface area contributed by atoms with Crippen LogP contribution in [-0.2, 0) is 6.42 Å². The molecule has 1 aromatic carbocycles. The number of rotatable bonds is 4. The lowest BCUT2D eigenvalue weighted by Crippen LogP contribution is -2.44. The number of carboxylic acids is 1. The Morgan fingerprint density at radius 2 is 1.91 bits per heavy atom. The summed E-state index contributed by atoms with van der Waals surface area (Å²) in [6, 6.07) is 7.05. The van der Waals surface area contributed by atoms with Crippen LogP contribution in [0, 0.1) is 0 Å². The second-order valence-corrected chi connectivity index (χ2v) is 6.41. The molecule has 0 saturated carbocycles. The van der Waals surface area contributed by atoms with E-state index >= 15 is 0 Å². The standard InChI is InChI=1S/C16H19N3O2S/c1-18-6-8-19(9-7-18)15-14(17-11-22-15)10-12-2-4-13(5-3-12)16(20)21/h2-5,11H,6-10H2,1H3,(H,20,21). The van der Waals surface area contributed by atoms with E-state index in [-0.39, 0.29) is 0 Å². The summed E-state index contributed by atoms with van der Waals surface area (Å²) in [4.78, 5) is 20.1. The Morgan fingerprint density at radius 3 is 2.55 bits per heavy atom. The number of hydrogen-bond donors (Lipinski definition) is 1. The first-order chi connectivity index (χ1) is 10.6. The normalized spacial score (nSPS) is 16.0. The Balaban J connectivity index is 1.73. The van der Waals surface area contributed by atoms with Crippen LogP contribution in [0.2, 0.25) is 0 Å². The highest BCUT2D eigenvalue weighted by Crippen LogP contribution is 2.28. The molecule has 1 aromatic heterocycles. The van der Waals surface area contributed by atoms with Crippen molar-refractivity contribution in [3.05, 3.63) is 46.6 Å². The molecular formula is C16H19N3O2S. The Labute approximate surface area is 133 Å². The van der Waals surface area contributed by atoms with Crippen LogP contribution in [0.3, 0.4) is 0 Å². The van der Waals surface area contributed by atoms with Gasteiger partial charge in [-0.05, 0) is 24.7 Å². The minimum atomic E-state index is -0.890. The van der Waals surface area contributed by atoms with E-state index < -0.39 is 5.97 Å². The number of aromatic nitrogens is 1. The second-order valence-electron chi connectivity index (χ2n) is 5.57. The second kappa shape index (κ2) is 6.46. The van der Waals surface area contributed by atoms with Gasteiger partial charge < -0.3 is 14.9 Å². The van der Waals surface area contributed by atoms with Gasteiger partial charge >= 0.3 is 5.97 Å². The molecule has 1 N–H and O–H groups in total. The molecule has 22 heavy (non-hydrogen) atoms. The minimum Gasteiger partial charge on any atom is -0.478 e. The van der Waals surface area contributed by atoms with E-state index in [0.717, 1.165) is 43.9 Å². The summed E-state index contributed by atoms with van der Waals surface area (Å²) in [5.74, 6) is -0.890. The summed E-state index contributed by atoms with van der Waals surface area (Å²) in [5, 5.41) is 10.2. The number of likely N-dealkylation sites (N-methyl/N-ethyl adjacent to an activating group) is 1. The van der Waals surface area contributed by atoms with Crippen LogP contribution in [0.15, 0.2) is 29.8 Å². The fourth-order valence-electron chi connectivity index (χ4n) is 2.61. The quantitative estimate of drug-likeness (QED) is 0.937. The molecule has 0 bridgehead atoms. The van der Waals surface area contributed by atoms with Crippen LogP contribution in [-0.4, -0.2) is 54.2 Å². The molecule has 0 atom stereocenters. The number of aromatic carboxylic acids is 1. The largest absolute Gasteiger partial charge is 0.478 e. The zero-order valence-corrected chi connectivity index (χ0v) is 13.3. The van der Waals surface area contributed by atoms with E-state index in [4.69, 9.17) is 5.11 Å².